The molecule has 4 N–H and O–H groups in total. The fourth-order valence-electron chi connectivity index (χ4n) is 3.72. The van der Waals surface area contributed by atoms with E-state index in [0.29, 0.717) is 6.67 Å². The highest BCUT2D eigenvalue weighted by molar-refractivity contribution is 5.84. The van der Waals surface area contributed by atoms with Gasteiger partial charge >= 0.3 is 0 Å². The van der Waals surface area contributed by atoms with E-state index in [4.69, 9.17) is 10.5 Å². The van der Waals surface area contributed by atoms with Crippen LogP contribution in [0.5, 0.6) is 0 Å². The maximum absolute atomic E-state index is 9.35. The van der Waals surface area contributed by atoms with Crippen molar-refractivity contribution < 1.29 is 9.84 Å². The number of aromatic nitrogens is 2. The highest BCUT2D eigenvalue weighted by Crippen LogP contribution is 2.42. The van der Waals surface area contributed by atoms with Crippen molar-refractivity contribution in [2.75, 3.05) is 54.3 Å². The van der Waals surface area contributed by atoms with Gasteiger partial charge in [-0.05, 0) is 13.3 Å². The van der Waals surface area contributed by atoms with Crippen LogP contribution in [-0.4, -0.2) is 60.2 Å². The third-order valence-electron chi connectivity index (χ3n) is 5.21. The molecule has 130 valence electrons. The number of nitrogens with zero attached hydrogens (tertiary/aromatic N) is 4. The summed E-state index contributed by atoms with van der Waals surface area (Å²) in [5.41, 5.74) is 6.77. The average molecular weight is 332 g/mol. The smallest absolute Gasteiger partial charge is 0.224 e. The van der Waals surface area contributed by atoms with Gasteiger partial charge < -0.3 is 30.7 Å². The van der Waals surface area contributed by atoms with Crippen LogP contribution in [0.3, 0.4) is 0 Å². The number of ether oxygens (including phenoxy) is 1. The lowest BCUT2D eigenvalue weighted by molar-refractivity contribution is -0.0170. The SMILES string of the molecule is COC1(C)CN(c2nc(N)nc3c2NCN3C2C=CC(CO)C2)C1. The molecule has 24 heavy (non-hydrogen) atoms. The number of nitrogen functional groups attached to an aromatic ring is 1. The Kier molecular flexibility index (Phi) is 3.54. The molecule has 0 radical (unpaired) electrons. The van der Waals surface area contributed by atoms with Gasteiger partial charge in [-0.1, -0.05) is 12.2 Å². The minimum absolute atomic E-state index is 0.132. The number of rotatable bonds is 4. The largest absolute Gasteiger partial charge is 0.396 e. The number of anilines is 4. The summed E-state index contributed by atoms with van der Waals surface area (Å²) < 4.78 is 5.52. The molecule has 4 rings (SSSR count). The summed E-state index contributed by atoms with van der Waals surface area (Å²) in [7, 11) is 1.74. The third-order valence-corrected chi connectivity index (χ3v) is 5.21. The first-order valence-electron chi connectivity index (χ1n) is 8.30. The van der Waals surface area contributed by atoms with Crippen molar-refractivity contribution in [3.63, 3.8) is 0 Å². The van der Waals surface area contributed by atoms with Gasteiger partial charge in [-0.3, -0.25) is 0 Å². The Bertz CT molecular complexity index is 673. The topological polar surface area (TPSA) is 99.8 Å². The van der Waals surface area contributed by atoms with Gasteiger partial charge in [0.2, 0.25) is 5.95 Å². The highest BCUT2D eigenvalue weighted by Gasteiger charge is 2.42. The molecule has 0 amide bonds. The number of fused-ring (bicyclic) bond motifs is 1. The zero-order valence-corrected chi connectivity index (χ0v) is 14.1. The van der Waals surface area contributed by atoms with Gasteiger partial charge in [0.25, 0.3) is 0 Å². The van der Waals surface area contributed by atoms with Gasteiger partial charge in [0.1, 0.15) is 5.69 Å². The number of hydrogen-bond donors (Lipinski definition) is 3. The Morgan fingerprint density at radius 1 is 1.38 bits per heavy atom. The van der Waals surface area contributed by atoms with Crippen LogP contribution in [0.25, 0.3) is 0 Å². The van der Waals surface area contributed by atoms with Gasteiger partial charge in [0, 0.05) is 19.6 Å². The normalized spacial score (nSPS) is 27.1. The van der Waals surface area contributed by atoms with Crippen molar-refractivity contribution in [1.29, 1.82) is 0 Å². The Hall–Kier alpha value is -2.06. The van der Waals surface area contributed by atoms with Gasteiger partial charge in [-0.25, -0.2) is 0 Å². The van der Waals surface area contributed by atoms with Crippen molar-refractivity contribution >= 4 is 23.3 Å². The summed E-state index contributed by atoms with van der Waals surface area (Å²) in [5, 5.41) is 12.8. The summed E-state index contributed by atoms with van der Waals surface area (Å²) in [4.78, 5) is 13.3. The fourth-order valence-corrected chi connectivity index (χ4v) is 3.72. The van der Waals surface area contributed by atoms with E-state index in [2.05, 4.69) is 44.2 Å². The lowest BCUT2D eigenvalue weighted by atomic mass is 9.96. The summed E-state index contributed by atoms with van der Waals surface area (Å²) in [6.45, 7) is 4.50. The van der Waals surface area contributed by atoms with E-state index in [9.17, 15) is 5.11 Å². The maximum atomic E-state index is 9.35. The molecule has 0 spiro atoms. The third kappa shape index (κ3) is 2.37. The molecule has 0 bridgehead atoms. The van der Waals surface area contributed by atoms with Gasteiger partial charge in [0.05, 0.1) is 31.4 Å². The number of hydrogen-bond acceptors (Lipinski definition) is 8. The van der Waals surface area contributed by atoms with Crippen LogP contribution >= 0.6 is 0 Å². The number of nitrogens with one attached hydrogen (secondary N) is 1. The summed E-state index contributed by atoms with van der Waals surface area (Å²) in [5.74, 6) is 2.19. The fraction of sp³-hybridized carbons (Fsp3) is 0.625. The zero-order chi connectivity index (χ0) is 16.9. The van der Waals surface area contributed by atoms with E-state index in [0.717, 1.165) is 36.8 Å². The molecule has 8 heteroatoms. The second-order valence-corrected chi connectivity index (χ2v) is 7.05. The van der Waals surface area contributed by atoms with Crippen molar-refractivity contribution in [3.8, 4) is 0 Å². The molecular formula is C16H24N6O2. The van der Waals surface area contributed by atoms with Crippen LogP contribution in [0, 0.1) is 5.92 Å². The van der Waals surface area contributed by atoms with Gasteiger partial charge in [0.15, 0.2) is 11.6 Å². The molecule has 0 aromatic carbocycles. The first-order chi connectivity index (χ1) is 11.5. The van der Waals surface area contributed by atoms with E-state index in [-0.39, 0.29) is 30.1 Å². The minimum Gasteiger partial charge on any atom is -0.396 e. The van der Waals surface area contributed by atoms with Gasteiger partial charge in [-0.15, -0.1) is 0 Å². The number of aliphatic hydroxyl groups is 1. The Labute approximate surface area is 141 Å². The predicted molar refractivity (Wildman–Crippen MR) is 93.2 cm³/mol. The van der Waals surface area contributed by atoms with E-state index in [1.807, 2.05) is 0 Å². The lowest BCUT2D eigenvalue weighted by Crippen LogP contribution is -2.61. The molecule has 1 aromatic rings. The van der Waals surface area contributed by atoms with Crippen LogP contribution in [0.1, 0.15) is 13.3 Å². The van der Waals surface area contributed by atoms with E-state index in [1.165, 1.54) is 0 Å². The molecule has 3 aliphatic rings. The predicted octanol–water partition coefficient (Wildman–Crippen LogP) is 0.410. The van der Waals surface area contributed by atoms with Crippen LogP contribution in [0.4, 0.5) is 23.3 Å². The Morgan fingerprint density at radius 3 is 2.79 bits per heavy atom. The monoisotopic (exact) mass is 332 g/mol. The molecule has 1 aliphatic carbocycles. The van der Waals surface area contributed by atoms with Gasteiger partial charge in [-0.2, -0.15) is 9.97 Å². The molecule has 2 aliphatic heterocycles. The van der Waals surface area contributed by atoms with Crippen LogP contribution < -0.4 is 20.9 Å². The zero-order valence-electron chi connectivity index (χ0n) is 14.1. The maximum Gasteiger partial charge on any atom is 0.224 e. The molecule has 3 heterocycles. The average Bonchev–Trinajstić information content (AvgIpc) is 3.17. The molecule has 0 saturated carbocycles. The molecule has 1 saturated heterocycles. The Balaban J connectivity index is 1.60. The quantitative estimate of drug-likeness (QED) is 0.682. The number of methoxy groups -OCH3 is 1. The van der Waals surface area contributed by atoms with Crippen LogP contribution in [0.15, 0.2) is 12.2 Å². The summed E-state index contributed by atoms with van der Waals surface area (Å²) in [6.07, 6.45) is 5.11. The molecule has 2 atom stereocenters. The van der Waals surface area contributed by atoms with E-state index < -0.39 is 0 Å². The molecule has 1 fully saturated rings. The second-order valence-electron chi connectivity index (χ2n) is 7.05. The standard InChI is InChI=1S/C16H24N6O2/c1-16(24-2)7-21(8-16)13-12-14(20-15(17)19-13)22(9-18-12)11-4-3-10(5-11)6-23/h3-4,10-11,18,23H,5-9H2,1-2H3,(H2,17,19,20). The first kappa shape index (κ1) is 15.5. The number of aliphatic hydroxyl groups excluding tert-OH is 1. The Morgan fingerprint density at radius 2 is 2.12 bits per heavy atom. The minimum atomic E-state index is -0.132. The lowest BCUT2D eigenvalue weighted by Gasteiger charge is -2.47. The van der Waals surface area contributed by atoms with Crippen LogP contribution in [-0.2, 0) is 4.74 Å². The summed E-state index contributed by atoms with van der Waals surface area (Å²) >= 11 is 0. The van der Waals surface area contributed by atoms with Crippen molar-refractivity contribution in [1.82, 2.24) is 9.97 Å². The summed E-state index contributed by atoms with van der Waals surface area (Å²) in [6, 6.07) is 0.221. The molecule has 8 nitrogen and oxygen atoms in total. The number of nitrogens with two attached hydrogens (primary N) is 1. The molecular weight excluding hydrogens is 308 g/mol. The van der Waals surface area contributed by atoms with Crippen molar-refractivity contribution in [3.05, 3.63) is 12.2 Å². The second kappa shape index (κ2) is 5.49. The molecule has 1 aromatic heterocycles. The van der Waals surface area contributed by atoms with E-state index in [1.54, 1.807) is 7.11 Å². The first-order valence-corrected chi connectivity index (χ1v) is 8.30. The van der Waals surface area contributed by atoms with Crippen molar-refractivity contribution in [2.24, 2.45) is 5.92 Å². The highest BCUT2D eigenvalue weighted by atomic mass is 16.5. The van der Waals surface area contributed by atoms with Crippen molar-refractivity contribution in [2.45, 2.75) is 25.0 Å². The van der Waals surface area contributed by atoms with E-state index >= 15 is 0 Å². The van der Waals surface area contributed by atoms with Crippen LogP contribution in [0.2, 0.25) is 0 Å². The molecule has 2 unspecified atom stereocenters.